The number of hydrogen-bond donors (Lipinski definition) is 3. The van der Waals surface area contributed by atoms with Gasteiger partial charge in [-0.15, -0.1) is 0 Å². The smallest absolute Gasteiger partial charge is 0.258 e. The normalized spacial score (nSPS) is 12.7. The van der Waals surface area contributed by atoms with Crippen molar-refractivity contribution in [3.8, 4) is 22.4 Å². The number of carbonyl (C=O) groups is 2. The molecule has 0 aliphatic carbocycles. The van der Waals surface area contributed by atoms with Crippen molar-refractivity contribution >= 4 is 17.6 Å². The zero-order valence-electron chi connectivity index (χ0n) is 26.1. The van der Waals surface area contributed by atoms with Crippen molar-refractivity contribution in [1.29, 1.82) is 0 Å². The summed E-state index contributed by atoms with van der Waals surface area (Å²) in [7, 11) is 0. The van der Waals surface area contributed by atoms with Crippen LogP contribution in [0.15, 0.2) is 78.9 Å². The van der Waals surface area contributed by atoms with Gasteiger partial charge in [0.15, 0.2) is 0 Å². The molecule has 1 heterocycles. The molecule has 7 nitrogen and oxygen atoms in total. The zero-order valence-corrected chi connectivity index (χ0v) is 26.1. The number of halogens is 1. The summed E-state index contributed by atoms with van der Waals surface area (Å²) in [6.07, 6.45) is 0.391. The molecule has 4 aromatic rings. The predicted octanol–water partition coefficient (Wildman–Crippen LogP) is 6.32. The molecule has 238 valence electrons. The fraction of sp³-hybridized carbons (Fsp3) is 0.351. The van der Waals surface area contributed by atoms with E-state index in [0.29, 0.717) is 28.1 Å². The van der Waals surface area contributed by atoms with Crippen LogP contribution in [0.25, 0.3) is 22.4 Å². The quantitative estimate of drug-likeness (QED) is 0.145. The maximum Gasteiger partial charge on any atom is 0.258 e. The highest BCUT2D eigenvalue weighted by Crippen LogP contribution is 2.42. The highest BCUT2D eigenvalue weighted by Gasteiger charge is 2.31. The van der Waals surface area contributed by atoms with E-state index in [-0.39, 0.29) is 37.0 Å². The first-order valence-corrected chi connectivity index (χ1v) is 15.6. The number of benzene rings is 3. The second-order valence-electron chi connectivity index (χ2n) is 11.8. The Morgan fingerprint density at radius 1 is 0.911 bits per heavy atom. The molecule has 0 spiro atoms. The molecule has 8 heteroatoms. The number of amides is 1. The van der Waals surface area contributed by atoms with E-state index in [0.717, 1.165) is 30.5 Å². The molecule has 0 aliphatic rings. The number of aromatic nitrogens is 1. The molecule has 0 fully saturated rings. The molecule has 0 radical (unpaired) electrons. The average Bonchev–Trinajstić information content (AvgIpc) is 3.35. The summed E-state index contributed by atoms with van der Waals surface area (Å²) in [5.41, 5.74) is 6.00. The monoisotopic (exact) mass is 613 g/mol. The number of aliphatic hydroxyl groups is 2. The van der Waals surface area contributed by atoms with Crippen molar-refractivity contribution < 1.29 is 29.3 Å². The Hall–Kier alpha value is -4.27. The lowest BCUT2D eigenvalue weighted by atomic mass is 9.94. The molecule has 3 aromatic carbocycles. The average molecular weight is 614 g/mol. The molecule has 0 aliphatic heterocycles. The number of carboxylic acids is 1. The SMILES string of the molecule is CCCCc1ccc(NC(=O)c2c(-c3ccccc3)c(-c3ccc(F)cc3)n(CC[C@H](O)C[C@H](O)CC(=O)[O-])c2C(C)C)cc1. The number of unbranched alkanes of at least 4 members (excludes halogenated alkanes) is 1. The second kappa shape index (κ2) is 15.6. The molecular weight excluding hydrogens is 571 g/mol. The van der Waals surface area contributed by atoms with Crippen LogP contribution in [0.5, 0.6) is 0 Å². The number of carbonyl (C=O) groups excluding carboxylic acids is 2. The maximum atomic E-state index is 14.3. The molecule has 1 aromatic heterocycles. The van der Waals surface area contributed by atoms with Crippen LogP contribution in [0.2, 0.25) is 0 Å². The lowest BCUT2D eigenvalue weighted by molar-refractivity contribution is -0.307. The summed E-state index contributed by atoms with van der Waals surface area (Å²) in [5, 5.41) is 34.9. The Bertz CT molecular complexity index is 1560. The standard InChI is InChI=1S/C37H43FN2O5/c1-4-5-9-25-12-18-29(19-13-25)39-37(45)34-33(26-10-7-6-8-11-26)36(27-14-16-28(38)17-15-27)40(35(34)24(2)3)21-20-30(41)22-31(42)23-32(43)44/h6-8,10-19,24,30-31,41-42H,4-5,9,20-23H2,1-3H3,(H,39,45)(H,43,44)/p-1/t30-,31-/m0/s1. The van der Waals surface area contributed by atoms with Gasteiger partial charge in [0.05, 0.1) is 23.5 Å². The van der Waals surface area contributed by atoms with E-state index in [1.54, 1.807) is 12.1 Å². The van der Waals surface area contributed by atoms with Gasteiger partial charge in [-0.25, -0.2) is 4.39 Å². The third-order valence-corrected chi connectivity index (χ3v) is 7.92. The van der Waals surface area contributed by atoms with Crippen molar-refractivity contribution in [2.75, 3.05) is 5.32 Å². The van der Waals surface area contributed by atoms with Crippen molar-refractivity contribution in [3.05, 3.63) is 102 Å². The van der Waals surface area contributed by atoms with E-state index >= 15 is 0 Å². The number of aliphatic hydroxyl groups excluding tert-OH is 2. The first-order chi connectivity index (χ1) is 21.6. The third kappa shape index (κ3) is 8.68. The summed E-state index contributed by atoms with van der Waals surface area (Å²) in [6, 6.07) is 23.5. The van der Waals surface area contributed by atoms with Gasteiger partial charge in [0.1, 0.15) is 5.82 Å². The summed E-state index contributed by atoms with van der Waals surface area (Å²) in [4.78, 5) is 25.2. The van der Waals surface area contributed by atoms with Gasteiger partial charge in [-0.05, 0) is 84.7 Å². The highest BCUT2D eigenvalue weighted by atomic mass is 19.1. The van der Waals surface area contributed by atoms with Crippen LogP contribution in [-0.2, 0) is 17.8 Å². The van der Waals surface area contributed by atoms with Crippen molar-refractivity contribution in [3.63, 3.8) is 0 Å². The minimum Gasteiger partial charge on any atom is -0.550 e. The summed E-state index contributed by atoms with van der Waals surface area (Å²) >= 11 is 0. The lowest BCUT2D eigenvalue weighted by Crippen LogP contribution is -2.29. The molecule has 4 rings (SSSR count). The van der Waals surface area contributed by atoms with Gasteiger partial charge >= 0.3 is 0 Å². The first-order valence-electron chi connectivity index (χ1n) is 15.6. The zero-order chi connectivity index (χ0) is 32.5. The van der Waals surface area contributed by atoms with E-state index in [9.17, 15) is 29.3 Å². The van der Waals surface area contributed by atoms with E-state index < -0.39 is 24.6 Å². The van der Waals surface area contributed by atoms with Crippen LogP contribution in [0.4, 0.5) is 10.1 Å². The number of aliphatic carboxylic acids is 1. The van der Waals surface area contributed by atoms with Gasteiger partial charge in [0, 0.05) is 35.9 Å². The maximum absolute atomic E-state index is 14.3. The Morgan fingerprint density at radius 2 is 1.58 bits per heavy atom. The van der Waals surface area contributed by atoms with Gasteiger partial charge < -0.3 is 30.0 Å². The van der Waals surface area contributed by atoms with E-state index in [1.165, 1.54) is 17.7 Å². The summed E-state index contributed by atoms with van der Waals surface area (Å²) in [5.74, 6) is -2.19. The second-order valence-corrected chi connectivity index (χ2v) is 11.8. The molecule has 2 atom stereocenters. The van der Waals surface area contributed by atoms with E-state index in [2.05, 4.69) is 12.2 Å². The predicted molar refractivity (Wildman–Crippen MR) is 173 cm³/mol. The Kier molecular flexibility index (Phi) is 11.7. The summed E-state index contributed by atoms with van der Waals surface area (Å²) < 4.78 is 16.1. The van der Waals surface area contributed by atoms with Gasteiger partial charge in [0.2, 0.25) is 0 Å². The van der Waals surface area contributed by atoms with Crippen LogP contribution in [0.3, 0.4) is 0 Å². The number of aryl methyl sites for hydroxylation is 1. The van der Waals surface area contributed by atoms with Crippen molar-refractivity contribution in [2.24, 2.45) is 0 Å². The fourth-order valence-electron chi connectivity index (χ4n) is 5.81. The van der Waals surface area contributed by atoms with Crippen LogP contribution in [-0.4, -0.2) is 38.9 Å². The minimum absolute atomic E-state index is 0.125. The Balaban J connectivity index is 1.84. The number of nitrogens with one attached hydrogen (secondary N) is 1. The van der Waals surface area contributed by atoms with Gasteiger partial charge in [0.25, 0.3) is 5.91 Å². The van der Waals surface area contributed by atoms with E-state index in [4.69, 9.17) is 0 Å². The first kappa shape index (κ1) is 33.6. The molecule has 0 bridgehead atoms. The summed E-state index contributed by atoms with van der Waals surface area (Å²) in [6.45, 7) is 6.40. The molecular formula is C37H42FN2O5-. The van der Waals surface area contributed by atoms with Crippen LogP contribution < -0.4 is 10.4 Å². The lowest BCUT2D eigenvalue weighted by Gasteiger charge is -2.20. The molecule has 1 amide bonds. The molecule has 0 unspecified atom stereocenters. The Morgan fingerprint density at radius 3 is 2.18 bits per heavy atom. The molecule has 0 saturated heterocycles. The topological polar surface area (TPSA) is 115 Å². The Labute approximate surface area is 264 Å². The van der Waals surface area contributed by atoms with Crippen molar-refractivity contribution in [1.82, 2.24) is 4.57 Å². The van der Waals surface area contributed by atoms with Crippen molar-refractivity contribution in [2.45, 2.75) is 84.0 Å². The number of hydrogen-bond acceptors (Lipinski definition) is 5. The number of carboxylic acid groups (broad SMARTS) is 1. The molecule has 0 saturated carbocycles. The fourth-order valence-corrected chi connectivity index (χ4v) is 5.81. The number of nitrogens with zero attached hydrogens (tertiary/aromatic N) is 1. The molecule has 45 heavy (non-hydrogen) atoms. The largest absolute Gasteiger partial charge is 0.550 e. The van der Waals surface area contributed by atoms with Gasteiger partial charge in [-0.1, -0.05) is 69.7 Å². The minimum atomic E-state index is -1.39. The third-order valence-electron chi connectivity index (χ3n) is 7.92. The number of anilines is 1. The molecule has 3 N–H and O–H groups in total. The van der Waals surface area contributed by atoms with Crippen LogP contribution in [0, 0.1) is 5.82 Å². The highest BCUT2D eigenvalue weighted by molar-refractivity contribution is 6.12. The van der Waals surface area contributed by atoms with Crippen LogP contribution >= 0.6 is 0 Å². The van der Waals surface area contributed by atoms with E-state index in [1.807, 2.05) is 73.0 Å². The number of rotatable bonds is 15. The van der Waals surface area contributed by atoms with Crippen LogP contribution in [0.1, 0.15) is 80.4 Å². The van der Waals surface area contributed by atoms with Gasteiger partial charge in [-0.2, -0.15) is 0 Å². The van der Waals surface area contributed by atoms with Gasteiger partial charge in [-0.3, -0.25) is 4.79 Å².